The second-order valence-electron chi connectivity index (χ2n) is 5.82. The van der Waals surface area contributed by atoms with Gasteiger partial charge in [0.15, 0.2) is 0 Å². The van der Waals surface area contributed by atoms with Gasteiger partial charge in [0.25, 0.3) is 0 Å². The van der Waals surface area contributed by atoms with Crippen LogP contribution in [0.5, 0.6) is 0 Å². The molecule has 0 aliphatic heterocycles. The molecule has 3 heterocycles. The number of nitrogens with zero attached hydrogens (tertiary/aromatic N) is 3. The standard InChI is InChI=1S/3C8H7NO2.Eu/c3*10-8(11)4-3-7-2-1-5-9-6-7;/h3*1-6H,(H,10,11);/q;;;+3/p-3. The molecule has 34 heavy (non-hydrogen) atoms. The first-order valence-electron chi connectivity index (χ1n) is 9.24. The minimum atomic E-state index is -1.20. The normalized spacial score (nSPS) is 9.88. The monoisotopic (exact) mass is 597 g/mol. The molecule has 0 saturated heterocycles. The van der Waals surface area contributed by atoms with Crippen molar-refractivity contribution in [2.24, 2.45) is 0 Å². The fourth-order valence-corrected chi connectivity index (χ4v) is 1.92. The number of carbonyl (C=O) groups is 3. The van der Waals surface area contributed by atoms with E-state index in [1.54, 1.807) is 73.6 Å². The first kappa shape index (κ1) is 30.7. The summed E-state index contributed by atoms with van der Waals surface area (Å²) in [4.78, 5) is 41.3. The summed E-state index contributed by atoms with van der Waals surface area (Å²) in [5.74, 6) is -3.60. The summed E-state index contributed by atoms with van der Waals surface area (Å²) in [5, 5.41) is 29.9. The average molecular weight is 596 g/mol. The smallest absolute Gasteiger partial charge is 0.545 e. The molecular formula is C24H18EuN3O6. The van der Waals surface area contributed by atoms with Crippen molar-refractivity contribution in [1.82, 2.24) is 15.0 Å². The van der Waals surface area contributed by atoms with Gasteiger partial charge in [-0.2, -0.15) is 0 Å². The number of carboxylic acid groups (broad SMARTS) is 3. The second kappa shape index (κ2) is 19.2. The van der Waals surface area contributed by atoms with Crippen LogP contribution in [0.25, 0.3) is 18.2 Å². The van der Waals surface area contributed by atoms with Crippen LogP contribution >= 0.6 is 0 Å². The van der Waals surface area contributed by atoms with Gasteiger partial charge in [-0.05, 0) is 53.1 Å². The molecule has 0 radical (unpaired) electrons. The van der Waals surface area contributed by atoms with Crippen molar-refractivity contribution in [1.29, 1.82) is 0 Å². The Labute approximate surface area is 236 Å². The Kier molecular flexibility index (Phi) is 17.3. The number of pyridine rings is 3. The molecule has 0 aliphatic carbocycles. The number of carbonyl (C=O) groups excluding carboxylic acids is 3. The third-order valence-electron chi connectivity index (χ3n) is 3.29. The zero-order valence-corrected chi connectivity index (χ0v) is 20.0. The SMILES string of the molecule is O=C([O-])C=Cc1cccnc1.O=C([O-])C=Cc1cccnc1.O=C([O-])C=Cc1cccnc1.[Eu+3]. The van der Waals surface area contributed by atoms with Gasteiger partial charge in [0, 0.05) is 37.2 Å². The van der Waals surface area contributed by atoms with E-state index < -0.39 is 17.9 Å². The maximum Gasteiger partial charge on any atom is 3.00 e. The van der Waals surface area contributed by atoms with Crippen LogP contribution in [0.2, 0.25) is 0 Å². The Morgan fingerprint density at radius 3 is 1.00 bits per heavy atom. The Hall–Kier alpha value is -3.34. The summed E-state index contributed by atoms with van der Waals surface area (Å²) in [6, 6.07) is 10.5. The van der Waals surface area contributed by atoms with Crippen molar-refractivity contribution in [3.8, 4) is 0 Å². The Morgan fingerprint density at radius 1 is 0.559 bits per heavy atom. The minimum absolute atomic E-state index is 0. The molecule has 3 rings (SSSR count). The van der Waals surface area contributed by atoms with Crippen LogP contribution in [0.15, 0.2) is 91.8 Å². The predicted molar refractivity (Wildman–Crippen MR) is 115 cm³/mol. The quantitative estimate of drug-likeness (QED) is 0.343. The van der Waals surface area contributed by atoms with E-state index >= 15 is 0 Å². The molecule has 0 saturated carbocycles. The average Bonchev–Trinajstić information content (AvgIpc) is 2.83. The van der Waals surface area contributed by atoms with Gasteiger partial charge in [0.2, 0.25) is 0 Å². The number of hydrogen-bond acceptors (Lipinski definition) is 9. The molecule has 9 nitrogen and oxygen atoms in total. The predicted octanol–water partition coefficient (Wildman–Crippen LogP) is -0.466. The van der Waals surface area contributed by atoms with Gasteiger partial charge in [-0.15, -0.1) is 0 Å². The largest absolute Gasteiger partial charge is 3.00 e. The second-order valence-corrected chi connectivity index (χ2v) is 5.82. The van der Waals surface area contributed by atoms with E-state index in [0.29, 0.717) is 0 Å². The summed E-state index contributed by atoms with van der Waals surface area (Å²) in [6.45, 7) is 0. The van der Waals surface area contributed by atoms with E-state index in [2.05, 4.69) is 15.0 Å². The minimum Gasteiger partial charge on any atom is -0.545 e. The number of carboxylic acids is 3. The summed E-state index contributed by atoms with van der Waals surface area (Å²) in [5.41, 5.74) is 2.24. The summed E-state index contributed by atoms with van der Waals surface area (Å²) in [7, 11) is 0. The fourth-order valence-electron chi connectivity index (χ4n) is 1.92. The van der Waals surface area contributed by atoms with E-state index in [1.807, 2.05) is 0 Å². The summed E-state index contributed by atoms with van der Waals surface area (Å²) >= 11 is 0. The van der Waals surface area contributed by atoms with E-state index in [1.165, 1.54) is 18.2 Å². The molecule has 3 aromatic heterocycles. The number of hydrogen-bond donors (Lipinski definition) is 0. The fraction of sp³-hybridized carbons (Fsp3) is 0. The molecule has 0 spiro atoms. The van der Waals surface area contributed by atoms with Gasteiger partial charge in [0.1, 0.15) is 0 Å². The molecule has 10 heteroatoms. The molecule has 172 valence electrons. The van der Waals surface area contributed by atoms with Crippen LogP contribution in [0.4, 0.5) is 0 Å². The van der Waals surface area contributed by atoms with Crippen molar-refractivity contribution < 1.29 is 79.1 Å². The summed E-state index contributed by atoms with van der Waals surface area (Å²) < 4.78 is 0. The zero-order chi connectivity index (χ0) is 24.3. The van der Waals surface area contributed by atoms with Crippen LogP contribution < -0.4 is 15.3 Å². The number of rotatable bonds is 6. The van der Waals surface area contributed by atoms with Gasteiger partial charge in [-0.25, -0.2) is 0 Å². The van der Waals surface area contributed by atoms with Crippen molar-refractivity contribution in [3.05, 3.63) is 108 Å². The molecule has 0 fully saturated rings. The Morgan fingerprint density at radius 2 is 0.824 bits per heavy atom. The van der Waals surface area contributed by atoms with Gasteiger partial charge in [0.05, 0.1) is 17.9 Å². The Bertz CT molecular complexity index is 948. The molecule has 0 aliphatic rings. The van der Waals surface area contributed by atoms with Gasteiger partial charge >= 0.3 is 49.4 Å². The van der Waals surface area contributed by atoms with E-state index in [0.717, 1.165) is 34.9 Å². The van der Waals surface area contributed by atoms with Crippen molar-refractivity contribution in [2.75, 3.05) is 0 Å². The van der Waals surface area contributed by atoms with E-state index in [4.69, 9.17) is 0 Å². The third kappa shape index (κ3) is 17.2. The van der Waals surface area contributed by atoms with Crippen LogP contribution in [0.3, 0.4) is 0 Å². The van der Waals surface area contributed by atoms with Crippen LogP contribution in [0, 0.1) is 49.4 Å². The number of aromatic nitrogens is 3. The molecule has 0 atom stereocenters. The Balaban J connectivity index is 0.000000473. The van der Waals surface area contributed by atoms with Crippen molar-refractivity contribution in [2.45, 2.75) is 0 Å². The first-order valence-corrected chi connectivity index (χ1v) is 9.24. The zero-order valence-electron chi connectivity index (χ0n) is 17.6. The van der Waals surface area contributed by atoms with Gasteiger partial charge in [-0.3, -0.25) is 15.0 Å². The van der Waals surface area contributed by atoms with Crippen LogP contribution in [0.1, 0.15) is 16.7 Å². The third-order valence-corrected chi connectivity index (χ3v) is 3.29. The molecule has 3 aromatic rings. The van der Waals surface area contributed by atoms with E-state index in [9.17, 15) is 29.7 Å². The molecule has 0 N–H and O–H groups in total. The molecule has 0 unspecified atom stereocenters. The molecule has 0 aromatic carbocycles. The molecule has 0 amide bonds. The molecule has 0 bridgehead atoms. The summed E-state index contributed by atoms with van der Waals surface area (Å²) in [6.07, 6.45) is 16.8. The van der Waals surface area contributed by atoms with Crippen LogP contribution in [-0.4, -0.2) is 32.9 Å². The molecular weight excluding hydrogens is 578 g/mol. The van der Waals surface area contributed by atoms with Gasteiger partial charge in [-0.1, -0.05) is 36.4 Å². The first-order chi connectivity index (χ1) is 15.9. The maximum absolute atomic E-state index is 9.95. The maximum atomic E-state index is 9.95. The van der Waals surface area contributed by atoms with Crippen LogP contribution in [-0.2, 0) is 14.4 Å². The van der Waals surface area contributed by atoms with Gasteiger partial charge < -0.3 is 29.7 Å². The number of aliphatic carboxylic acids is 3. The van der Waals surface area contributed by atoms with Crippen molar-refractivity contribution >= 4 is 36.1 Å². The van der Waals surface area contributed by atoms with Crippen molar-refractivity contribution in [3.63, 3.8) is 0 Å². The topological polar surface area (TPSA) is 159 Å². The van der Waals surface area contributed by atoms with E-state index in [-0.39, 0.29) is 49.4 Å².